The molecule has 0 N–H and O–H groups in total. The minimum atomic E-state index is -0.180. The Morgan fingerprint density at radius 2 is 1.39 bits per heavy atom. The quantitative estimate of drug-likeness (QED) is 0.305. The molecular formula is C32H34N2O2. The molecule has 3 aromatic carbocycles. The number of hydrogen-bond donors (Lipinski definition) is 0. The number of fused-ring (bicyclic) bond motifs is 1. The van der Waals surface area contributed by atoms with Gasteiger partial charge in [0.1, 0.15) is 11.3 Å². The van der Waals surface area contributed by atoms with Gasteiger partial charge in [-0.05, 0) is 68.6 Å². The summed E-state index contributed by atoms with van der Waals surface area (Å²) in [5, 5.41) is 1.10. The Labute approximate surface area is 213 Å². The lowest BCUT2D eigenvalue weighted by atomic mass is 9.77. The highest BCUT2D eigenvalue weighted by Crippen LogP contribution is 2.42. The lowest BCUT2D eigenvalue weighted by Crippen LogP contribution is -2.45. The van der Waals surface area contributed by atoms with Crippen molar-refractivity contribution < 1.29 is 9.21 Å². The number of benzene rings is 3. The highest BCUT2D eigenvalue weighted by Gasteiger charge is 2.48. The molecule has 0 bridgehead atoms. The Hall–Kier alpha value is -3.37. The molecule has 1 amide bonds. The number of rotatable bonds is 7. The van der Waals surface area contributed by atoms with Crippen molar-refractivity contribution >= 4 is 16.9 Å². The van der Waals surface area contributed by atoms with Gasteiger partial charge in [0.25, 0.3) is 0 Å². The van der Waals surface area contributed by atoms with Crippen molar-refractivity contribution in [2.45, 2.75) is 38.1 Å². The van der Waals surface area contributed by atoms with E-state index in [9.17, 15) is 4.79 Å². The van der Waals surface area contributed by atoms with Crippen LogP contribution in [0.3, 0.4) is 0 Å². The Bertz CT molecular complexity index is 1230. The van der Waals surface area contributed by atoms with Crippen LogP contribution in [0.15, 0.2) is 95.4 Å². The molecule has 2 saturated heterocycles. The Morgan fingerprint density at radius 1 is 0.778 bits per heavy atom. The number of carbonyl (C=O) groups excluding carboxylic acids is 1. The third-order valence-electron chi connectivity index (χ3n) is 8.38. The number of carbonyl (C=O) groups is 1. The first kappa shape index (κ1) is 23.1. The van der Waals surface area contributed by atoms with Crippen molar-refractivity contribution in [1.82, 2.24) is 9.80 Å². The lowest BCUT2D eigenvalue weighted by molar-refractivity contribution is -0.139. The van der Waals surface area contributed by atoms with Crippen molar-refractivity contribution in [3.05, 3.63) is 108 Å². The van der Waals surface area contributed by atoms with Gasteiger partial charge in [0.2, 0.25) is 5.91 Å². The smallest absolute Gasteiger partial charge is 0.229 e. The van der Waals surface area contributed by atoms with Crippen LogP contribution in [0.2, 0.25) is 0 Å². The number of nitrogens with zero attached hydrogens (tertiary/aromatic N) is 2. The minimum absolute atomic E-state index is 0.180. The fourth-order valence-electron chi connectivity index (χ4n) is 6.22. The molecule has 6 rings (SSSR count). The van der Waals surface area contributed by atoms with E-state index < -0.39 is 0 Å². The first-order chi connectivity index (χ1) is 17.7. The largest absolute Gasteiger partial charge is 0.459 e. The van der Waals surface area contributed by atoms with Crippen LogP contribution in [0.5, 0.6) is 0 Å². The molecule has 36 heavy (non-hydrogen) atoms. The van der Waals surface area contributed by atoms with Gasteiger partial charge in [0, 0.05) is 17.8 Å². The molecule has 0 atom stereocenters. The highest BCUT2D eigenvalue weighted by molar-refractivity contribution is 5.85. The number of para-hydroxylation sites is 1. The second-order valence-corrected chi connectivity index (χ2v) is 10.5. The fourth-order valence-corrected chi connectivity index (χ4v) is 6.22. The first-order valence-electron chi connectivity index (χ1n) is 13.3. The van der Waals surface area contributed by atoms with Gasteiger partial charge in [0.15, 0.2) is 0 Å². The molecule has 4 heteroatoms. The normalized spacial score (nSPS) is 18.0. The summed E-state index contributed by atoms with van der Waals surface area (Å²) in [4.78, 5) is 18.1. The predicted octanol–water partition coefficient (Wildman–Crippen LogP) is 6.47. The standard InChI is InChI=1S/C32H34N2O2/c35-31-32(18-22-34(31)24-28-23-27-13-7-8-14-30(27)36-28)16-20-33(21-17-32)19-15-29(25-9-3-1-4-10-25)26-11-5-2-6-12-26/h1-14,23,29H,15-22,24H2. The zero-order valence-corrected chi connectivity index (χ0v) is 20.8. The van der Waals surface area contributed by atoms with Gasteiger partial charge in [-0.1, -0.05) is 78.9 Å². The highest BCUT2D eigenvalue weighted by atomic mass is 16.3. The molecule has 1 aromatic heterocycles. The third kappa shape index (κ3) is 4.58. The molecule has 3 heterocycles. The van der Waals surface area contributed by atoms with Crippen molar-refractivity contribution in [3.63, 3.8) is 0 Å². The molecule has 184 valence electrons. The average Bonchev–Trinajstić information content (AvgIpc) is 3.47. The fraction of sp³-hybridized carbons (Fsp3) is 0.344. The molecule has 2 fully saturated rings. The van der Waals surface area contributed by atoms with Crippen LogP contribution < -0.4 is 0 Å². The monoisotopic (exact) mass is 478 g/mol. The number of hydrogen-bond acceptors (Lipinski definition) is 3. The van der Waals surface area contributed by atoms with E-state index in [1.54, 1.807) is 0 Å². The van der Waals surface area contributed by atoms with Crippen LogP contribution in [0, 0.1) is 5.41 Å². The topological polar surface area (TPSA) is 36.7 Å². The van der Waals surface area contributed by atoms with E-state index in [4.69, 9.17) is 4.42 Å². The summed E-state index contributed by atoms with van der Waals surface area (Å²) in [7, 11) is 0. The van der Waals surface area contributed by atoms with E-state index >= 15 is 0 Å². The molecule has 2 aliphatic heterocycles. The van der Waals surface area contributed by atoms with Crippen LogP contribution in [0.1, 0.15) is 48.5 Å². The van der Waals surface area contributed by atoms with E-state index in [2.05, 4.69) is 77.7 Å². The number of likely N-dealkylation sites (tertiary alicyclic amines) is 2. The van der Waals surface area contributed by atoms with Crippen LogP contribution >= 0.6 is 0 Å². The van der Waals surface area contributed by atoms with Crippen molar-refractivity contribution in [2.24, 2.45) is 5.41 Å². The molecule has 1 spiro atoms. The summed E-state index contributed by atoms with van der Waals surface area (Å²) >= 11 is 0. The Morgan fingerprint density at radius 3 is 2.06 bits per heavy atom. The van der Waals surface area contributed by atoms with Crippen molar-refractivity contribution in [2.75, 3.05) is 26.2 Å². The molecule has 4 nitrogen and oxygen atoms in total. The van der Waals surface area contributed by atoms with E-state index in [-0.39, 0.29) is 5.41 Å². The zero-order valence-electron chi connectivity index (χ0n) is 20.8. The maximum absolute atomic E-state index is 13.5. The maximum atomic E-state index is 13.5. The molecule has 0 radical (unpaired) electrons. The third-order valence-corrected chi connectivity index (χ3v) is 8.38. The summed E-state index contributed by atoms with van der Waals surface area (Å²) in [6, 6.07) is 31.8. The van der Waals surface area contributed by atoms with E-state index in [0.29, 0.717) is 18.4 Å². The second-order valence-electron chi connectivity index (χ2n) is 10.5. The minimum Gasteiger partial charge on any atom is -0.459 e. The van der Waals surface area contributed by atoms with E-state index in [0.717, 1.165) is 68.6 Å². The SMILES string of the molecule is O=C1N(Cc2cc3ccccc3o2)CCC12CCN(CCC(c1ccccc1)c1ccccc1)CC2. The predicted molar refractivity (Wildman–Crippen MR) is 144 cm³/mol. The number of amides is 1. The second kappa shape index (κ2) is 9.94. The van der Waals surface area contributed by atoms with Gasteiger partial charge in [-0.2, -0.15) is 0 Å². The van der Waals surface area contributed by atoms with Gasteiger partial charge < -0.3 is 14.2 Å². The summed E-state index contributed by atoms with van der Waals surface area (Å²) in [6.07, 6.45) is 3.98. The number of furan rings is 1. The van der Waals surface area contributed by atoms with Crippen LogP contribution in [-0.2, 0) is 11.3 Å². The lowest BCUT2D eigenvalue weighted by Gasteiger charge is -2.38. The van der Waals surface area contributed by atoms with Gasteiger partial charge in [-0.25, -0.2) is 0 Å². The van der Waals surface area contributed by atoms with E-state index in [1.807, 2.05) is 23.1 Å². The van der Waals surface area contributed by atoms with Crippen molar-refractivity contribution in [1.29, 1.82) is 0 Å². The molecule has 0 aliphatic carbocycles. The summed E-state index contributed by atoms with van der Waals surface area (Å²) in [5.74, 6) is 1.61. The Balaban J connectivity index is 1.07. The molecule has 0 saturated carbocycles. The average molecular weight is 479 g/mol. The summed E-state index contributed by atoms with van der Waals surface area (Å²) in [6.45, 7) is 4.47. The molecule has 4 aromatic rings. The summed E-state index contributed by atoms with van der Waals surface area (Å²) < 4.78 is 6.00. The van der Waals surface area contributed by atoms with Crippen LogP contribution in [0.25, 0.3) is 11.0 Å². The molecular weight excluding hydrogens is 444 g/mol. The van der Waals surface area contributed by atoms with Gasteiger partial charge in [-0.3, -0.25) is 4.79 Å². The van der Waals surface area contributed by atoms with Crippen LogP contribution in [0.4, 0.5) is 0 Å². The molecule has 0 unspecified atom stereocenters. The van der Waals surface area contributed by atoms with Crippen LogP contribution in [-0.4, -0.2) is 41.9 Å². The van der Waals surface area contributed by atoms with E-state index in [1.165, 1.54) is 11.1 Å². The van der Waals surface area contributed by atoms with Gasteiger partial charge in [-0.15, -0.1) is 0 Å². The summed E-state index contributed by atoms with van der Waals surface area (Å²) in [5.41, 5.74) is 3.47. The maximum Gasteiger partial charge on any atom is 0.229 e. The van der Waals surface area contributed by atoms with Gasteiger partial charge in [0.05, 0.1) is 12.0 Å². The first-order valence-corrected chi connectivity index (χ1v) is 13.3. The number of piperidine rings is 1. The van der Waals surface area contributed by atoms with Gasteiger partial charge >= 0.3 is 0 Å². The van der Waals surface area contributed by atoms with Crippen molar-refractivity contribution in [3.8, 4) is 0 Å². The zero-order chi connectivity index (χ0) is 24.4. The Kier molecular flexibility index (Phi) is 6.37. The molecule has 2 aliphatic rings.